The summed E-state index contributed by atoms with van der Waals surface area (Å²) >= 11 is 0. The minimum Gasteiger partial charge on any atom is -0.0753 e. The van der Waals surface area contributed by atoms with Gasteiger partial charge in [-0.05, 0) is 60.9 Å². The molecule has 3 rings (SSSR count). The quantitative estimate of drug-likeness (QED) is 0.667. The highest BCUT2D eigenvalue weighted by Crippen LogP contribution is 2.42. The molecule has 0 aromatic heterocycles. The van der Waals surface area contributed by atoms with Gasteiger partial charge in [-0.1, -0.05) is 76.5 Å². The molecule has 22 heavy (non-hydrogen) atoms. The van der Waals surface area contributed by atoms with Crippen LogP contribution in [0.5, 0.6) is 0 Å². The minimum atomic E-state index is 0.0993. The van der Waals surface area contributed by atoms with Gasteiger partial charge in [-0.15, -0.1) is 0 Å². The van der Waals surface area contributed by atoms with E-state index in [1.54, 1.807) is 10.6 Å². The van der Waals surface area contributed by atoms with Gasteiger partial charge in [0.25, 0.3) is 0 Å². The van der Waals surface area contributed by atoms with E-state index in [0.717, 1.165) is 0 Å². The molecule has 0 radical (unpaired) electrons. The molecular weight excluding hydrogens is 302 g/mol. The van der Waals surface area contributed by atoms with E-state index in [-0.39, 0.29) is 15.8 Å². The molecule has 0 spiro atoms. The van der Waals surface area contributed by atoms with E-state index in [0.29, 0.717) is 0 Å². The fourth-order valence-electron chi connectivity index (χ4n) is 3.23. The first-order chi connectivity index (χ1) is 10.9. The molecule has 1 saturated heterocycles. The molecule has 0 amide bonds. The average Bonchev–Trinajstić information content (AvgIpc) is 2.60. The fraction of sp³-hybridized carbons (Fsp3) is 0.400. The van der Waals surface area contributed by atoms with Gasteiger partial charge in [-0.2, -0.15) is 0 Å². The van der Waals surface area contributed by atoms with E-state index in [1.165, 1.54) is 50.3 Å². The molecule has 0 N–H and O–H groups in total. The van der Waals surface area contributed by atoms with Crippen molar-refractivity contribution < 1.29 is 0 Å². The molecule has 1 heterocycles. The van der Waals surface area contributed by atoms with E-state index in [1.807, 2.05) is 0 Å². The molecule has 2 aromatic carbocycles. The summed E-state index contributed by atoms with van der Waals surface area (Å²) in [6.07, 6.45) is 11.5. The minimum absolute atomic E-state index is 0.0993. The largest absolute Gasteiger partial charge is 0.0753 e. The first-order valence-corrected chi connectivity index (χ1v) is 12.0. The Morgan fingerprint density at radius 2 is 0.773 bits per heavy atom. The van der Waals surface area contributed by atoms with Gasteiger partial charge >= 0.3 is 0 Å². The maximum absolute atomic E-state index is 2.36. The second-order valence-electron chi connectivity index (χ2n) is 6.06. The predicted molar refractivity (Wildman–Crippen MR) is 104 cm³/mol. The third-order valence-electron chi connectivity index (χ3n) is 4.45. The summed E-state index contributed by atoms with van der Waals surface area (Å²) in [6.45, 7) is 0. The second-order valence-corrected chi connectivity index (χ2v) is 11.0. The number of benzene rings is 2. The SMILES string of the molecule is c1ccc(P2CCCCP(c3ccccc3)CCCC2)cc1. The second kappa shape index (κ2) is 8.81. The molecule has 0 nitrogen and oxygen atoms in total. The smallest absolute Gasteiger partial charge is 0.0240 e. The van der Waals surface area contributed by atoms with Crippen molar-refractivity contribution in [1.82, 2.24) is 0 Å². The molecule has 1 aliphatic rings. The number of hydrogen-bond acceptors (Lipinski definition) is 0. The highest BCUT2D eigenvalue weighted by Gasteiger charge is 2.15. The van der Waals surface area contributed by atoms with E-state index < -0.39 is 0 Å². The number of hydrogen-bond donors (Lipinski definition) is 0. The van der Waals surface area contributed by atoms with Gasteiger partial charge in [0.15, 0.2) is 0 Å². The summed E-state index contributed by atoms with van der Waals surface area (Å²) < 4.78 is 0. The standard InChI is InChI=1S/C20H26P2/c1-3-11-19(12-4-1)21-15-7-9-17-22(18-10-8-16-21)20-13-5-2-6-14-20/h1-6,11-14H,7-10,15-18H2. The third-order valence-corrected chi connectivity index (χ3v) is 9.94. The Hall–Kier alpha value is -0.700. The fourth-order valence-corrected chi connectivity index (χ4v) is 8.32. The molecule has 116 valence electrons. The molecule has 1 fully saturated rings. The van der Waals surface area contributed by atoms with Crippen molar-refractivity contribution in [3.8, 4) is 0 Å². The highest BCUT2D eigenvalue weighted by molar-refractivity contribution is 7.66. The Morgan fingerprint density at radius 3 is 1.09 bits per heavy atom. The monoisotopic (exact) mass is 328 g/mol. The molecule has 0 bridgehead atoms. The van der Waals surface area contributed by atoms with Crippen molar-refractivity contribution in [2.75, 3.05) is 24.6 Å². The van der Waals surface area contributed by atoms with Crippen LogP contribution in [-0.2, 0) is 0 Å². The van der Waals surface area contributed by atoms with Gasteiger partial charge in [-0.3, -0.25) is 0 Å². The molecule has 0 unspecified atom stereocenters. The van der Waals surface area contributed by atoms with Gasteiger partial charge in [0, 0.05) is 0 Å². The highest BCUT2D eigenvalue weighted by atomic mass is 31.1. The van der Waals surface area contributed by atoms with Gasteiger partial charge in [0.2, 0.25) is 0 Å². The molecular formula is C20H26P2. The Labute approximate surface area is 137 Å². The summed E-state index contributed by atoms with van der Waals surface area (Å²) in [6, 6.07) is 22.6. The van der Waals surface area contributed by atoms with Crippen molar-refractivity contribution in [3.05, 3.63) is 60.7 Å². The first kappa shape index (κ1) is 16.2. The maximum atomic E-state index is 2.36. The van der Waals surface area contributed by atoms with Gasteiger partial charge in [0.05, 0.1) is 0 Å². The van der Waals surface area contributed by atoms with Crippen molar-refractivity contribution in [2.24, 2.45) is 0 Å². The van der Waals surface area contributed by atoms with Crippen LogP contribution in [0.2, 0.25) is 0 Å². The lowest BCUT2D eigenvalue weighted by atomic mass is 10.4. The van der Waals surface area contributed by atoms with Gasteiger partial charge < -0.3 is 0 Å². The van der Waals surface area contributed by atoms with E-state index in [2.05, 4.69) is 60.7 Å². The van der Waals surface area contributed by atoms with Crippen LogP contribution in [0.15, 0.2) is 60.7 Å². The summed E-state index contributed by atoms with van der Waals surface area (Å²) in [5, 5.41) is 3.26. The summed E-state index contributed by atoms with van der Waals surface area (Å²) in [5.41, 5.74) is 0. The normalized spacial score (nSPS) is 23.8. The molecule has 2 heteroatoms. The first-order valence-electron chi connectivity index (χ1n) is 8.53. The van der Waals surface area contributed by atoms with E-state index in [9.17, 15) is 0 Å². The van der Waals surface area contributed by atoms with E-state index >= 15 is 0 Å². The van der Waals surface area contributed by atoms with Gasteiger partial charge in [0.1, 0.15) is 0 Å². The van der Waals surface area contributed by atoms with Crippen molar-refractivity contribution >= 4 is 26.5 Å². The zero-order valence-electron chi connectivity index (χ0n) is 13.3. The van der Waals surface area contributed by atoms with Crippen LogP contribution in [0.4, 0.5) is 0 Å². The topological polar surface area (TPSA) is 0 Å². The molecule has 0 atom stereocenters. The lowest BCUT2D eigenvalue weighted by Gasteiger charge is -2.23. The van der Waals surface area contributed by atoms with Crippen LogP contribution in [-0.4, -0.2) is 24.6 Å². The van der Waals surface area contributed by atoms with Crippen LogP contribution in [0.1, 0.15) is 25.7 Å². The summed E-state index contributed by atoms with van der Waals surface area (Å²) in [7, 11) is 0.199. The molecule has 2 aromatic rings. The lowest BCUT2D eigenvalue weighted by Crippen LogP contribution is -2.11. The van der Waals surface area contributed by atoms with Crippen molar-refractivity contribution in [1.29, 1.82) is 0 Å². The Kier molecular flexibility index (Phi) is 6.47. The molecule has 1 aliphatic heterocycles. The predicted octanol–water partition coefficient (Wildman–Crippen LogP) is 5.18. The summed E-state index contributed by atoms with van der Waals surface area (Å²) in [5.74, 6) is 0. The van der Waals surface area contributed by atoms with Crippen LogP contribution in [0, 0.1) is 0 Å². The Balaban J connectivity index is 1.59. The maximum Gasteiger partial charge on any atom is -0.0240 e. The molecule has 0 aliphatic carbocycles. The van der Waals surface area contributed by atoms with Gasteiger partial charge in [-0.25, -0.2) is 0 Å². The number of rotatable bonds is 2. The van der Waals surface area contributed by atoms with Crippen LogP contribution in [0.3, 0.4) is 0 Å². The Morgan fingerprint density at radius 1 is 0.455 bits per heavy atom. The summed E-state index contributed by atoms with van der Waals surface area (Å²) in [4.78, 5) is 0. The molecule has 0 saturated carbocycles. The zero-order chi connectivity index (χ0) is 15.0. The van der Waals surface area contributed by atoms with Crippen molar-refractivity contribution in [2.45, 2.75) is 25.7 Å². The average molecular weight is 328 g/mol. The lowest BCUT2D eigenvalue weighted by molar-refractivity contribution is 0.856. The van der Waals surface area contributed by atoms with Crippen molar-refractivity contribution in [3.63, 3.8) is 0 Å². The van der Waals surface area contributed by atoms with Crippen LogP contribution < -0.4 is 10.6 Å². The third kappa shape index (κ3) is 4.65. The Bertz CT molecular complexity index is 475. The zero-order valence-corrected chi connectivity index (χ0v) is 15.1. The van der Waals surface area contributed by atoms with Crippen LogP contribution in [0.25, 0.3) is 0 Å². The van der Waals surface area contributed by atoms with E-state index in [4.69, 9.17) is 0 Å². The van der Waals surface area contributed by atoms with Crippen LogP contribution >= 0.6 is 15.8 Å².